The number of hydrogen-bond donors (Lipinski definition) is 3. The molecule has 46 heavy (non-hydrogen) atoms. The number of ether oxygens (including phenoxy) is 1. The molecule has 3 N–H and O–H groups in total. The summed E-state index contributed by atoms with van der Waals surface area (Å²) in [7, 11) is -0.485. The molecule has 1 aromatic heterocycles. The van der Waals surface area contributed by atoms with E-state index in [0.717, 1.165) is 10.6 Å². The predicted octanol–water partition coefficient (Wildman–Crippen LogP) is 4.72. The number of para-hydroxylation sites is 1. The number of hydrogen-bond acceptors (Lipinski definition) is 10. The standard InChI is InChI=1S/C31H33ClN6O7S/c1-19-28(29(35-45-19)22-7-5-6-8-27(22)44-3)31(40)38-15-13-37(14-16-38)26-18-24(25(34-41)17-23(26)32)33-30(39)20-9-11-21(12-10-20)36(2)46(4,42)43/h5-12,17-18,34,41H,13-16H2,1-4H3,(H,33,39). The van der Waals surface area contributed by atoms with Crippen LogP contribution in [-0.4, -0.2) is 82.1 Å². The van der Waals surface area contributed by atoms with Gasteiger partial charge >= 0.3 is 0 Å². The quantitative estimate of drug-likeness (QED) is 0.213. The van der Waals surface area contributed by atoms with Gasteiger partial charge in [-0.2, -0.15) is 0 Å². The van der Waals surface area contributed by atoms with E-state index in [0.29, 0.717) is 70.9 Å². The molecule has 1 saturated heterocycles. The Kier molecular flexibility index (Phi) is 9.42. The molecule has 2 heterocycles. The van der Waals surface area contributed by atoms with Crippen LogP contribution in [0, 0.1) is 6.92 Å². The van der Waals surface area contributed by atoms with Gasteiger partial charge in [-0.1, -0.05) is 28.9 Å². The first-order valence-electron chi connectivity index (χ1n) is 14.2. The molecule has 0 saturated carbocycles. The van der Waals surface area contributed by atoms with Crippen LogP contribution in [0.3, 0.4) is 0 Å². The van der Waals surface area contributed by atoms with Gasteiger partial charge in [-0.05, 0) is 55.5 Å². The molecule has 1 aliphatic heterocycles. The van der Waals surface area contributed by atoms with Crippen molar-refractivity contribution in [1.29, 1.82) is 0 Å². The van der Waals surface area contributed by atoms with Gasteiger partial charge in [0.25, 0.3) is 11.8 Å². The molecule has 1 fully saturated rings. The fourth-order valence-corrected chi connectivity index (χ4v) is 5.95. The number of nitrogens with zero attached hydrogens (tertiary/aromatic N) is 4. The van der Waals surface area contributed by atoms with E-state index in [1.165, 1.54) is 37.4 Å². The number of carbonyl (C=O) groups is 2. The number of anilines is 4. The summed E-state index contributed by atoms with van der Waals surface area (Å²) in [4.78, 5) is 30.5. The largest absolute Gasteiger partial charge is 0.496 e. The molecular weight excluding hydrogens is 636 g/mol. The van der Waals surface area contributed by atoms with Crippen LogP contribution < -0.4 is 24.7 Å². The molecule has 15 heteroatoms. The second kappa shape index (κ2) is 13.3. The third-order valence-corrected chi connectivity index (χ3v) is 9.30. The van der Waals surface area contributed by atoms with Gasteiger partial charge in [-0.25, -0.2) is 8.42 Å². The van der Waals surface area contributed by atoms with Crippen LogP contribution in [-0.2, 0) is 10.0 Å². The highest BCUT2D eigenvalue weighted by atomic mass is 35.5. The SMILES string of the molecule is COc1ccccc1-c1noc(C)c1C(=O)N1CCN(c2cc(NC(=O)c3ccc(N(C)S(C)(=O)=O)cc3)c(NO)cc2Cl)CC1. The van der Waals surface area contributed by atoms with E-state index in [4.69, 9.17) is 20.9 Å². The van der Waals surface area contributed by atoms with Crippen molar-refractivity contribution in [3.63, 3.8) is 0 Å². The van der Waals surface area contributed by atoms with E-state index in [1.54, 1.807) is 31.1 Å². The highest BCUT2D eigenvalue weighted by Gasteiger charge is 2.30. The number of aromatic nitrogens is 1. The number of amides is 2. The van der Waals surface area contributed by atoms with E-state index in [-0.39, 0.29) is 22.8 Å². The smallest absolute Gasteiger partial charge is 0.259 e. The number of sulfonamides is 1. The number of benzene rings is 3. The molecule has 242 valence electrons. The van der Waals surface area contributed by atoms with E-state index in [9.17, 15) is 23.2 Å². The van der Waals surface area contributed by atoms with Crippen molar-refractivity contribution in [3.8, 4) is 17.0 Å². The van der Waals surface area contributed by atoms with Crippen LogP contribution in [0.25, 0.3) is 11.3 Å². The van der Waals surface area contributed by atoms with Gasteiger partial charge in [-0.15, -0.1) is 0 Å². The van der Waals surface area contributed by atoms with Crippen molar-refractivity contribution < 1.29 is 32.5 Å². The number of piperazine rings is 1. The van der Waals surface area contributed by atoms with E-state index in [1.807, 2.05) is 23.1 Å². The van der Waals surface area contributed by atoms with Crippen molar-refractivity contribution in [2.24, 2.45) is 0 Å². The lowest BCUT2D eigenvalue weighted by molar-refractivity contribution is 0.0745. The molecule has 0 unspecified atom stereocenters. The molecule has 0 aliphatic carbocycles. The number of halogens is 1. The molecule has 1 aliphatic rings. The topological polar surface area (TPSA) is 158 Å². The van der Waals surface area contributed by atoms with Gasteiger partial charge in [0.15, 0.2) is 0 Å². The minimum Gasteiger partial charge on any atom is -0.496 e. The van der Waals surface area contributed by atoms with Crippen LogP contribution in [0.4, 0.5) is 22.7 Å². The maximum atomic E-state index is 13.7. The molecule has 0 bridgehead atoms. The average molecular weight is 669 g/mol. The molecule has 5 rings (SSSR count). The summed E-state index contributed by atoms with van der Waals surface area (Å²) in [5, 5.41) is 17.0. The minimum absolute atomic E-state index is 0.177. The Morgan fingerprint density at radius 3 is 2.35 bits per heavy atom. The van der Waals surface area contributed by atoms with Crippen molar-refractivity contribution in [1.82, 2.24) is 10.1 Å². The number of methoxy groups -OCH3 is 1. The first-order chi connectivity index (χ1) is 21.9. The maximum Gasteiger partial charge on any atom is 0.259 e. The fourth-order valence-electron chi connectivity index (χ4n) is 5.17. The highest BCUT2D eigenvalue weighted by Crippen LogP contribution is 2.37. The minimum atomic E-state index is -3.46. The van der Waals surface area contributed by atoms with Gasteiger partial charge in [0.05, 0.1) is 41.1 Å². The normalized spacial score (nSPS) is 13.3. The van der Waals surface area contributed by atoms with Crippen molar-refractivity contribution in [3.05, 3.63) is 82.6 Å². The second-order valence-electron chi connectivity index (χ2n) is 10.6. The Morgan fingerprint density at radius 1 is 1.04 bits per heavy atom. The Labute approximate surface area is 271 Å². The summed E-state index contributed by atoms with van der Waals surface area (Å²) in [5.41, 5.74) is 5.22. The van der Waals surface area contributed by atoms with Crippen LogP contribution >= 0.6 is 11.6 Å². The van der Waals surface area contributed by atoms with Gasteiger partial charge in [-0.3, -0.25) is 24.6 Å². The van der Waals surface area contributed by atoms with Crippen LogP contribution in [0.15, 0.2) is 65.2 Å². The molecule has 13 nitrogen and oxygen atoms in total. The summed E-state index contributed by atoms with van der Waals surface area (Å²) in [6, 6.07) is 16.5. The number of carbonyl (C=O) groups excluding carboxylic acids is 2. The predicted molar refractivity (Wildman–Crippen MR) is 176 cm³/mol. The van der Waals surface area contributed by atoms with Crippen LogP contribution in [0.2, 0.25) is 5.02 Å². The summed E-state index contributed by atoms with van der Waals surface area (Å²) < 4.78 is 35.7. The summed E-state index contributed by atoms with van der Waals surface area (Å²) in [5.74, 6) is 0.279. The molecule has 4 aromatic rings. The van der Waals surface area contributed by atoms with Gasteiger partial charge in [0.1, 0.15) is 22.8 Å². The summed E-state index contributed by atoms with van der Waals surface area (Å²) in [6.07, 6.45) is 1.09. The second-order valence-corrected chi connectivity index (χ2v) is 13.1. The highest BCUT2D eigenvalue weighted by molar-refractivity contribution is 7.92. The Bertz CT molecular complexity index is 1870. The number of nitrogens with one attached hydrogen (secondary N) is 2. The number of aryl methyl sites for hydroxylation is 1. The molecule has 3 aromatic carbocycles. The zero-order chi connectivity index (χ0) is 33.2. The molecule has 2 amide bonds. The summed E-state index contributed by atoms with van der Waals surface area (Å²) >= 11 is 6.60. The monoisotopic (exact) mass is 668 g/mol. The summed E-state index contributed by atoms with van der Waals surface area (Å²) in [6.45, 7) is 3.33. The van der Waals surface area contributed by atoms with Gasteiger partial charge in [0, 0.05) is 44.4 Å². The van der Waals surface area contributed by atoms with Crippen molar-refractivity contribution >= 4 is 56.2 Å². The Hall–Kier alpha value is -4.79. The molecular formula is C31H33ClN6O7S. The fraction of sp³-hybridized carbons (Fsp3) is 0.258. The lowest BCUT2D eigenvalue weighted by Crippen LogP contribution is -2.49. The average Bonchev–Trinajstić information content (AvgIpc) is 3.45. The number of rotatable bonds is 9. The van der Waals surface area contributed by atoms with E-state index >= 15 is 0 Å². The zero-order valence-electron chi connectivity index (χ0n) is 25.6. The van der Waals surface area contributed by atoms with Gasteiger partial charge < -0.3 is 24.4 Å². The third kappa shape index (κ3) is 6.59. The lowest BCUT2D eigenvalue weighted by atomic mass is 10.0. The van der Waals surface area contributed by atoms with Gasteiger partial charge in [0.2, 0.25) is 10.0 Å². The maximum absolute atomic E-state index is 13.7. The first kappa shape index (κ1) is 32.6. The van der Waals surface area contributed by atoms with E-state index in [2.05, 4.69) is 16.0 Å². The molecule has 0 atom stereocenters. The third-order valence-electron chi connectivity index (χ3n) is 7.79. The zero-order valence-corrected chi connectivity index (χ0v) is 27.1. The lowest BCUT2D eigenvalue weighted by Gasteiger charge is -2.36. The van der Waals surface area contributed by atoms with Crippen LogP contribution in [0.1, 0.15) is 26.5 Å². The van der Waals surface area contributed by atoms with Crippen LogP contribution in [0.5, 0.6) is 5.75 Å². The van der Waals surface area contributed by atoms with E-state index < -0.39 is 15.9 Å². The Balaban J connectivity index is 1.31. The first-order valence-corrected chi connectivity index (χ1v) is 16.4. The van der Waals surface area contributed by atoms with Crippen molar-refractivity contribution in [2.75, 3.05) is 66.6 Å². The molecule has 0 spiro atoms. The molecule has 0 radical (unpaired) electrons. The van der Waals surface area contributed by atoms with Crippen molar-refractivity contribution in [2.45, 2.75) is 6.92 Å². The Morgan fingerprint density at radius 2 is 1.72 bits per heavy atom.